The van der Waals surface area contributed by atoms with Crippen LogP contribution in [0.25, 0.3) is 16.6 Å². The van der Waals surface area contributed by atoms with Gasteiger partial charge in [0, 0.05) is 36.2 Å². The lowest BCUT2D eigenvalue weighted by molar-refractivity contribution is -0.135. The van der Waals surface area contributed by atoms with Gasteiger partial charge in [0.2, 0.25) is 0 Å². The summed E-state index contributed by atoms with van der Waals surface area (Å²) in [5.74, 6) is 1.70. The molecule has 1 amide bonds. The van der Waals surface area contributed by atoms with Crippen molar-refractivity contribution >= 4 is 40.0 Å². The van der Waals surface area contributed by atoms with E-state index in [-0.39, 0.29) is 24.1 Å². The second-order valence-corrected chi connectivity index (χ2v) is 10.4. The standard InChI is InChI=1S/C30H30Cl2N4O4/c1-3-39-27-7-5-4-6-26(27)36-29(33-25-18-22(32)10-13-24(25)30(36)38)20(2)34-14-16-35(17-15-34)28(37)19-40-23-11-8-21(31)9-12-23/h4-13,18,20H,3,14-17,19H2,1-2H3. The highest BCUT2D eigenvalue weighted by Gasteiger charge is 2.29. The molecule has 10 heteroatoms. The zero-order valence-corrected chi connectivity index (χ0v) is 23.9. The van der Waals surface area contributed by atoms with Gasteiger partial charge in [0.25, 0.3) is 11.5 Å². The maximum absolute atomic E-state index is 13.9. The third-order valence-electron chi connectivity index (χ3n) is 7.03. The van der Waals surface area contributed by atoms with Crippen LogP contribution < -0.4 is 15.0 Å². The number of amides is 1. The van der Waals surface area contributed by atoms with Crippen LogP contribution in [0.2, 0.25) is 10.0 Å². The minimum Gasteiger partial charge on any atom is -0.492 e. The first-order valence-corrected chi connectivity index (χ1v) is 14.0. The quantitative estimate of drug-likeness (QED) is 0.278. The van der Waals surface area contributed by atoms with Crippen LogP contribution >= 0.6 is 23.2 Å². The zero-order chi connectivity index (χ0) is 28.2. The highest BCUT2D eigenvalue weighted by molar-refractivity contribution is 6.31. The number of carbonyl (C=O) groups excluding carboxylic acids is 1. The van der Waals surface area contributed by atoms with Gasteiger partial charge in [-0.15, -0.1) is 0 Å². The normalized spacial score (nSPS) is 14.8. The number of piperazine rings is 1. The molecule has 0 aliphatic carbocycles. The molecule has 1 aliphatic heterocycles. The van der Waals surface area contributed by atoms with Crippen molar-refractivity contribution in [3.05, 3.63) is 93.0 Å². The van der Waals surface area contributed by atoms with Crippen molar-refractivity contribution in [3.8, 4) is 17.2 Å². The van der Waals surface area contributed by atoms with E-state index >= 15 is 0 Å². The van der Waals surface area contributed by atoms with Gasteiger partial charge in [-0.25, -0.2) is 4.98 Å². The van der Waals surface area contributed by atoms with E-state index in [1.54, 1.807) is 51.9 Å². The van der Waals surface area contributed by atoms with Crippen LogP contribution in [0.15, 0.2) is 71.5 Å². The predicted octanol–water partition coefficient (Wildman–Crippen LogP) is 5.38. The van der Waals surface area contributed by atoms with Crippen molar-refractivity contribution in [2.75, 3.05) is 39.4 Å². The molecule has 5 rings (SSSR count). The number of aromatic nitrogens is 2. The van der Waals surface area contributed by atoms with Gasteiger partial charge in [-0.3, -0.25) is 19.1 Å². The summed E-state index contributed by atoms with van der Waals surface area (Å²) in [4.78, 5) is 35.7. The summed E-state index contributed by atoms with van der Waals surface area (Å²) in [6, 6.07) is 19.3. The Balaban J connectivity index is 1.39. The fraction of sp³-hybridized carbons (Fsp3) is 0.300. The molecule has 0 spiro atoms. The Kier molecular flexibility index (Phi) is 8.59. The van der Waals surface area contributed by atoms with Crippen molar-refractivity contribution in [2.24, 2.45) is 0 Å². The molecule has 1 saturated heterocycles. The molecule has 0 bridgehead atoms. The first-order chi connectivity index (χ1) is 19.4. The SMILES string of the molecule is CCOc1ccccc1-n1c(C(C)N2CCN(C(=O)COc3ccc(Cl)cc3)CC2)nc2cc(Cl)ccc2c1=O. The molecule has 1 aliphatic rings. The van der Waals surface area contributed by atoms with E-state index in [2.05, 4.69) is 4.90 Å². The molecule has 4 aromatic rings. The summed E-state index contributed by atoms with van der Waals surface area (Å²) in [6.45, 7) is 6.65. The Morgan fingerprint density at radius 3 is 2.38 bits per heavy atom. The smallest absolute Gasteiger partial charge is 0.266 e. The number of nitrogens with zero attached hydrogens (tertiary/aromatic N) is 4. The fourth-order valence-electron chi connectivity index (χ4n) is 4.90. The Morgan fingerprint density at radius 2 is 1.65 bits per heavy atom. The number of halogens is 2. The average Bonchev–Trinajstić information content (AvgIpc) is 2.97. The van der Waals surface area contributed by atoms with E-state index in [4.69, 9.17) is 37.7 Å². The van der Waals surface area contributed by atoms with Crippen molar-refractivity contribution < 1.29 is 14.3 Å². The second-order valence-electron chi connectivity index (χ2n) is 9.51. The van der Waals surface area contributed by atoms with Gasteiger partial charge < -0.3 is 14.4 Å². The number of hydrogen-bond donors (Lipinski definition) is 0. The molecule has 208 valence electrons. The van der Waals surface area contributed by atoms with E-state index in [9.17, 15) is 9.59 Å². The van der Waals surface area contributed by atoms with Gasteiger partial charge >= 0.3 is 0 Å². The monoisotopic (exact) mass is 580 g/mol. The van der Waals surface area contributed by atoms with E-state index in [0.29, 0.717) is 76.7 Å². The topological polar surface area (TPSA) is 76.9 Å². The van der Waals surface area contributed by atoms with Crippen LogP contribution in [0.5, 0.6) is 11.5 Å². The molecule has 0 N–H and O–H groups in total. The Hall–Kier alpha value is -3.59. The number of hydrogen-bond acceptors (Lipinski definition) is 6. The first-order valence-electron chi connectivity index (χ1n) is 13.2. The van der Waals surface area contributed by atoms with Gasteiger partial charge in [-0.05, 0) is 68.4 Å². The fourth-order valence-corrected chi connectivity index (χ4v) is 5.19. The lowest BCUT2D eigenvalue weighted by Gasteiger charge is -2.38. The molecule has 2 heterocycles. The molecule has 0 saturated carbocycles. The minimum absolute atomic E-state index is 0.0437. The van der Waals surface area contributed by atoms with Crippen LogP contribution in [0.4, 0.5) is 0 Å². The van der Waals surface area contributed by atoms with Gasteiger partial charge in [0.05, 0.1) is 29.2 Å². The van der Waals surface area contributed by atoms with Crippen molar-refractivity contribution in [2.45, 2.75) is 19.9 Å². The van der Waals surface area contributed by atoms with Crippen LogP contribution in [-0.4, -0.2) is 64.7 Å². The third-order valence-corrected chi connectivity index (χ3v) is 7.51. The van der Waals surface area contributed by atoms with E-state index in [0.717, 1.165) is 0 Å². The number of rotatable bonds is 8. The number of para-hydroxylation sites is 2. The van der Waals surface area contributed by atoms with Crippen LogP contribution in [0, 0.1) is 0 Å². The molecular formula is C30H30Cl2N4O4. The number of benzene rings is 3. The summed E-state index contributed by atoms with van der Waals surface area (Å²) in [5.41, 5.74) is 0.982. The van der Waals surface area contributed by atoms with Crippen LogP contribution in [0.3, 0.4) is 0 Å². The van der Waals surface area contributed by atoms with Crippen LogP contribution in [0.1, 0.15) is 25.7 Å². The summed E-state index contributed by atoms with van der Waals surface area (Å²) >= 11 is 12.2. The average molecular weight is 582 g/mol. The highest BCUT2D eigenvalue weighted by atomic mass is 35.5. The summed E-state index contributed by atoms with van der Waals surface area (Å²) < 4.78 is 13.2. The van der Waals surface area contributed by atoms with Gasteiger partial charge in [0.15, 0.2) is 6.61 Å². The number of fused-ring (bicyclic) bond motifs is 1. The molecule has 1 aromatic heterocycles. The number of ether oxygens (including phenoxy) is 2. The molecule has 3 aromatic carbocycles. The van der Waals surface area contributed by atoms with Crippen molar-refractivity contribution in [1.82, 2.24) is 19.4 Å². The maximum Gasteiger partial charge on any atom is 0.266 e. The summed E-state index contributed by atoms with van der Waals surface area (Å²) in [6.07, 6.45) is 0. The van der Waals surface area contributed by atoms with Crippen LogP contribution in [-0.2, 0) is 4.79 Å². The molecule has 1 unspecified atom stereocenters. The van der Waals surface area contributed by atoms with Crippen molar-refractivity contribution in [3.63, 3.8) is 0 Å². The lowest BCUT2D eigenvalue weighted by Crippen LogP contribution is -2.51. The maximum atomic E-state index is 13.9. The highest BCUT2D eigenvalue weighted by Crippen LogP contribution is 2.29. The Morgan fingerprint density at radius 1 is 0.950 bits per heavy atom. The van der Waals surface area contributed by atoms with E-state index in [1.165, 1.54) is 0 Å². The number of carbonyl (C=O) groups is 1. The Labute approximate surface area is 242 Å². The Bertz CT molecular complexity index is 1570. The van der Waals surface area contributed by atoms with Crippen molar-refractivity contribution in [1.29, 1.82) is 0 Å². The van der Waals surface area contributed by atoms with Gasteiger partial charge in [0.1, 0.15) is 17.3 Å². The molecule has 40 heavy (non-hydrogen) atoms. The summed E-state index contributed by atoms with van der Waals surface area (Å²) in [5, 5.41) is 1.60. The lowest BCUT2D eigenvalue weighted by atomic mass is 10.1. The van der Waals surface area contributed by atoms with Gasteiger partial charge in [-0.2, -0.15) is 0 Å². The molecule has 0 radical (unpaired) electrons. The minimum atomic E-state index is -0.228. The molecular weight excluding hydrogens is 551 g/mol. The molecule has 1 fully saturated rings. The van der Waals surface area contributed by atoms with E-state index < -0.39 is 0 Å². The zero-order valence-electron chi connectivity index (χ0n) is 22.3. The second kappa shape index (κ2) is 12.3. The first kappa shape index (κ1) is 28.0. The predicted molar refractivity (Wildman–Crippen MR) is 157 cm³/mol. The van der Waals surface area contributed by atoms with E-state index in [1.807, 2.05) is 38.1 Å². The van der Waals surface area contributed by atoms with Gasteiger partial charge in [-0.1, -0.05) is 35.3 Å². The molecule has 8 nitrogen and oxygen atoms in total. The molecule has 1 atom stereocenters. The largest absolute Gasteiger partial charge is 0.492 e. The summed E-state index contributed by atoms with van der Waals surface area (Å²) in [7, 11) is 0. The third kappa shape index (κ3) is 5.94.